The van der Waals surface area contributed by atoms with E-state index in [9.17, 15) is 18.0 Å². The Kier molecular flexibility index (Phi) is 10.9. The number of halogens is 3. The van der Waals surface area contributed by atoms with E-state index < -0.39 is 28.5 Å². The van der Waals surface area contributed by atoms with Crippen LogP contribution in [-0.2, 0) is 26.2 Å². The summed E-state index contributed by atoms with van der Waals surface area (Å²) in [5.41, 5.74) is 1.52. The topological polar surface area (TPSA) is 86.8 Å². The van der Waals surface area contributed by atoms with Gasteiger partial charge in [0.15, 0.2) is 0 Å². The molecule has 1 atom stereocenters. The smallest absolute Gasteiger partial charge is 0.264 e. The summed E-state index contributed by atoms with van der Waals surface area (Å²) in [7, 11) is -4.18. The van der Waals surface area contributed by atoms with Gasteiger partial charge in [-0.05, 0) is 67.3 Å². The van der Waals surface area contributed by atoms with E-state index in [2.05, 4.69) is 5.32 Å². The number of sulfonamides is 1. The summed E-state index contributed by atoms with van der Waals surface area (Å²) in [4.78, 5) is 28.4. The summed E-state index contributed by atoms with van der Waals surface area (Å²) in [6.07, 6.45) is 0. The molecule has 7 nitrogen and oxygen atoms in total. The minimum Gasteiger partial charge on any atom is -0.354 e. The zero-order valence-electron chi connectivity index (χ0n) is 22.7. The number of rotatable bonds is 11. The molecule has 2 amide bonds. The van der Waals surface area contributed by atoms with Gasteiger partial charge in [0.25, 0.3) is 10.0 Å². The first kappa shape index (κ1) is 31.7. The first-order valence-electron chi connectivity index (χ1n) is 12.7. The molecule has 3 aromatic rings. The van der Waals surface area contributed by atoms with Crippen LogP contribution in [0.4, 0.5) is 5.69 Å². The molecule has 0 saturated carbocycles. The van der Waals surface area contributed by atoms with E-state index in [1.54, 1.807) is 62.4 Å². The molecule has 0 aliphatic rings. The molecule has 3 aromatic carbocycles. The van der Waals surface area contributed by atoms with Crippen molar-refractivity contribution in [3.63, 3.8) is 0 Å². The van der Waals surface area contributed by atoms with Crippen LogP contribution in [0.25, 0.3) is 0 Å². The van der Waals surface area contributed by atoms with E-state index in [0.717, 1.165) is 9.87 Å². The predicted octanol–water partition coefficient (Wildman–Crippen LogP) is 6.34. The molecule has 0 heterocycles. The highest BCUT2D eigenvalue weighted by Gasteiger charge is 2.33. The summed E-state index contributed by atoms with van der Waals surface area (Å²) in [5.74, 6) is -0.777. The Hall–Kier alpha value is -2.78. The molecule has 0 aliphatic carbocycles. The van der Waals surface area contributed by atoms with Crippen molar-refractivity contribution in [1.29, 1.82) is 0 Å². The van der Waals surface area contributed by atoms with Crippen molar-refractivity contribution in [1.82, 2.24) is 10.2 Å². The SMILES string of the molecule is Cc1ccc(N(CC(=O)N(Cc2ccc(Cl)cc2Cl)[C@@H](C)C(=O)NCC(C)C)S(=O)(=O)c2ccccc2)cc1Cl. The largest absolute Gasteiger partial charge is 0.354 e. The van der Waals surface area contributed by atoms with Gasteiger partial charge in [0, 0.05) is 28.2 Å². The summed E-state index contributed by atoms with van der Waals surface area (Å²) in [6.45, 7) is 7.10. The molecule has 0 radical (unpaired) electrons. The number of amides is 2. The van der Waals surface area contributed by atoms with Crippen LogP contribution in [0.15, 0.2) is 71.6 Å². The maximum atomic E-state index is 14.0. The fourth-order valence-electron chi connectivity index (χ4n) is 3.85. The van der Waals surface area contributed by atoms with Crippen LogP contribution in [0.5, 0.6) is 0 Å². The molecule has 11 heteroatoms. The van der Waals surface area contributed by atoms with Crippen LogP contribution in [0.1, 0.15) is 31.9 Å². The fraction of sp³-hybridized carbons (Fsp3) is 0.310. The highest BCUT2D eigenvalue weighted by molar-refractivity contribution is 7.92. The third kappa shape index (κ3) is 7.91. The monoisotopic (exact) mass is 623 g/mol. The third-order valence-corrected chi connectivity index (χ3v) is 9.04. The van der Waals surface area contributed by atoms with E-state index in [1.807, 2.05) is 13.8 Å². The molecule has 0 bridgehead atoms. The van der Waals surface area contributed by atoms with Crippen LogP contribution in [0.2, 0.25) is 15.1 Å². The second-order valence-corrected chi connectivity index (χ2v) is 12.9. The Morgan fingerprint density at radius 3 is 2.17 bits per heavy atom. The lowest BCUT2D eigenvalue weighted by Gasteiger charge is -2.32. The standard InChI is InChI=1S/C29H32Cl3N3O4S/c1-19(2)16-33-29(37)21(4)34(17-22-11-12-23(30)14-27(22)32)28(36)18-35(24-13-10-20(3)26(31)15-24)40(38,39)25-8-6-5-7-9-25/h5-15,19,21H,16-18H2,1-4H3,(H,33,37)/t21-/m0/s1. The van der Waals surface area contributed by atoms with Gasteiger partial charge in [0.2, 0.25) is 11.8 Å². The number of hydrogen-bond acceptors (Lipinski definition) is 4. The molecular weight excluding hydrogens is 593 g/mol. The maximum Gasteiger partial charge on any atom is 0.264 e. The van der Waals surface area contributed by atoms with E-state index in [0.29, 0.717) is 27.2 Å². The van der Waals surface area contributed by atoms with Crippen molar-refractivity contribution in [3.05, 3.63) is 92.9 Å². The van der Waals surface area contributed by atoms with Gasteiger partial charge < -0.3 is 10.2 Å². The van der Waals surface area contributed by atoms with Gasteiger partial charge in [-0.2, -0.15) is 0 Å². The second-order valence-electron chi connectivity index (χ2n) is 9.83. The first-order valence-corrected chi connectivity index (χ1v) is 15.2. The summed E-state index contributed by atoms with van der Waals surface area (Å²) in [6, 6.07) is 16.5. The van der Waals surface area contributed by atoms with E-state index in [4.69, 9.17) is 34.8 Å². The molecule has 40 heavy (non-hydrogen) atoms. The fourth-order valence-corrected chi connectivity index (χ4v) is 5.92. The van der Waals surface area contributed by atoms with Crippen molar-refractivity contribution in [3.8, 4) is 0 Å². The molecular formula is C29H32Cl3N3O4S. The van der Waals surface area contributed by atoms with Gasteiger partial charge in [0.05, 0.1) is 10.6 Å². The maximum absolute atomic E-state index is 14.0. The number of anilines is 1. The number of carbonyl (C=O) groups is 2. The van der Waals surface area contributed by atoms with Gasteiger partial charge in [-0.3, -0.25) is 13.9 Å². The lowest BCUT2D eigenvalue weighted by Crippen LogP contribution is -2.51. The summed E-state index contributed by atoms with van der Waals surface area (Å²) in [5, 5.41) is 3.94. The molecule has 0 unspecified atom stereocenters. The second kappa shape index (κ2) is 13.7. The van der Waals surface area contributed by atoms with Crippen LogP contribution in [-0.4, -0.2) is 44.3 Å². The molecule has 0 aliphatic heterocycles. The quantitative estimate of drug-likeness (QED) is 0.270. The average Bonchev–Trinajstić information content (AvgIpc) is 2.91. The minimum atomic E-state index is -4.18. The number of hydrogen-bond donors (Lipinski definition) is 1. The van der Waals surface area contributed by atoms with Crippen LogP contribution in [0, 0.1) is 12.8 Å². The third-order valence-electron chi connectivity index (χ3n) is 6.26. The van der Waals surface area contributed by atoms with Gasteiger partial charge in [-0.25, -0.2) is 8.42 Å². The van der Waals surface area contributed by atoms with Gasteiger partial charge in [0.1, 0.15) is 12.6 Å². The molecule has 0 saturated heterocycles. The van der Waals surface area contributed by atoms with Gasteiger partial charge in [-0.15, -0.1) is 0 Å². The Morgan fingerprint density at radius 1 is 0.900 bits per heavy atom. The molecule has 1 N–H and O–H groups in total. The zero-order chi connectivity index (χ0) is 29.6. The lowest BCUT2D eigenvalue weighted by atomic mass is 10.1. The number of carbonyl (C=O) groups excluding carboxylic acids is 2. The minimum absolute atomic E-state index is 0.00881. The Morgan fingerprint density at radius 2 is 1.57 bits per heavy atom. The van der Waals surface area contributed by atoms with Gasteiger partial charge in [-0.1, -0.05) is 79.0 Å². The Labute approximate surface area is 251 Å². The average molecular weight is 625 g/mol. The normalized spacial score (nSPS) is 12.2. The van der Waals surface area contributed by atoms with E-state index in [-0.39, 0.29) is 29.0 Å². The molecule has 3 rings (SSSR count). The predicted molar refractivity (Wildman–Crippen MR) is 161 cm³/mol. The molecule has 0 spiro atoms. The van der Waals surface area contributed by atoms with Crippen molar-refractivity contribution < 1.29 is 18.0 Å². The Balaban J connectivity index is 2.05. The van der Waals surface area contributed by atoms with Crippen LogP contribution < -0.4 is 9.62 Å². The van der Waals surface area contributed by atoms with Crippen LogP contribution in [0.3, 0.4) is 0 Å². The highest BCUT2D eigenvalue weighted by Crippen LogP contribution is 2.29. The van der Waals surface area contributed by atoms with Crippen molar-refractivity contribution in [2.24, 2.45) is 5.92 Å². The zero-order valence-corrected chi connectivity index (χ0v) is 25.8. The number of aryl methyl sites for hydroxylation is 1. The van der Waals surface area contributed by atoms with E-state index >= 15 is 0 Å². The lowest BCUT2D eigenvalue weighted by molar-refractivity contribution is -0.139. The van der Waals surface area contributed by atoms with E-state index in [1.165, 1.54) is 23.1 Å². The van der Waals surface area contributed by atoms with Crippen molar-refractivity contribution >= 4 is 62.3 Å². The molecule has 0 fully saturated rings. The van der Waals surface area contributed by atoms with Crippen LogP contribution >= 0.6 is 34.8 Å². The highest BCUT2D eigenvalue weighted by atomic mass is 35.5. The Bertz CT molecular complexity index is 1470. The van der Waals surface area contributed by atoms with Crippen molar-refractivity contribution in [2.45, 2.75) is 45.2 Å². The number of benzene rings is 3. The first-order chi connectivity index (χ1) is 18.8. The molecule has 214 valence electrons. The summed E-state index contributed by atoms with van der Waals surface area (Å²) < 4.78 is 28.6. The van der Waals surface area contributed by atoms with Gasteiger partial charge >= 0.3 is 0 Å². The number of nitrogens with one attached hydrogen (secondary N) is 1. The molecule has 0 aromatic heterocycles. The van der Waals surface area contributed by atoms with Crippen molar-refractivity contribution in [2.75, 3.05) is 17.4 Å². The number of nitrogens with zero attached hydrogens (tertiary/aromatic N) is 2. The summed E-state index contributed by atoms with van der Waals surface area (Å²) >= 11 is 18.8.